The molecule has 0 saturated heterocycles. The van der Waals surface area contributed by atoms with Gasteiger partial charge in [-0.25, -0.2) is 0 Å². The summed E-state index contributed by atoms with van der Waals surface area (Å²) in [5.74, 6) is -0.302. The Morgan fingerprint density at radius 1 is 1.03 bits per heavy atom. The molecule has 0 radical (unpaired) electrons. The molecule has 0 saturated carbocycles. The largest absolute Gasteiger partial charge is 0.324 e. The van der Waals surface area contributed by atoms with Crippen molar-refractivity contribution in [1.82, 2.24) is 4.98 Å². The number of benzene rings is 2. The van der Waals surface area contributed by atoms with E-state index < -0.39 is 6.04 Å². The third-order valence-electron chi connectivity index (χ3n) is 4.69. The van der Waals surface area contributed by atoms with Gasteiger partial charge in [0, 0.05) is 53.4 Å². The number of carbonyl (C=O) groups excluding carboxylic acids is 2. The van der Waals surface area contributed by atoms with Crippen LogP contribution in [0.5, 0.6) is 0 Å². The number of anilines is 2. The zero-order chi connectivity index (χ0) is 21.5. The second-order valence-electron chi connectivity index (χ2n) is 6.74. The first-order valence-electron chi connectivity index (χ1n) is 9.60. The number of pyridine rings is 1. The van der Waals surface area contributed by atoms with Gasteiger partial charge in [0.2, 0.25) is 5.91 Å². The molecule has 2 amide bonds. The van der Waals surface area contributed by atoms with Crippen LogP contribution in [0, 0.1) is 0 Å². The van der Waals surface area contributed by atoms with Gasteiger partial charge in [-0.05, 0) is 61.0 Å². The standard InChI is InChI=1S/C23H23ClN4O2/c1-2-28(20-9-7-18(24)8-10-20)22(29)15-21(25)16-3-5-17(6-4-16)23(30)27-19-11-13-26-14-12-19/h3-14,21H,2,15,25H2,1H3,(H,26,27,30). The van der Waals surface area contributed by atoms with Crippen LogP contribution in [0.3, 0.4) is 0 Å². The molecule has 0 spiro atoms. The Bertz CT molecular complexity index is 992. The number of nitrogens with zero attached hydrogens (tertiary/aromatic N) is 2. The molecule has 3 aromatic rings. The van der Waals surface area contributed by atoms with Crippen molar-refractivity contribution in [2.45, 2.75) is 19.4 Å². The molecule has 7 heteroatoms. The van der Waals surface area contributed by atoms with E-state index in [0.717, 1.165) is 11.3 Å². The fourth-order valence-corrected chi connectivity index (χ4v) is 3.19. The molecule has 0 fully saturated rings. The maximum atomic E-state index is 12.8. The second kappa shape index (κ2) is 10.0. The number of amides is 2. The van der Waals surface area contributed by atoms with Crippen LogP contribution in [0.2, 0.25) is 5.02 Å². The topological polar surface area (TPSA) is 88.3 Å². The van der Waals surface area contributed by atoms with Gasteiger partial charge < -0.3 is 16.0 Å². The molecule has 1 heterocycles. The Morgan fingerprint density at radius 3 is 2.27 bits per heavy atom. The number of halogens is 1. The van der Waals surface area contributed by atoms with Crippen molar-refractivity contribution in [2.24, 2.45) is 5.73 Å². The van der Waals surface area contributed by atoms with Crippen LogP contribution in [0.25, 0.3) is 0 Å². The van der Waals surface area contributed by atoms with Gasteiger partial charge in [-0.3, -0.25) is 14.6 Å². The summed E-state index contributed by atoms with van der Waals surface area (Å²) < 4.78 is 0. The van der Waals surface area contributed by atoms with Gasteiger partial charge in [0.15, 0.2) is 0 Å². The molecule has 6 nitrogen and oxygen atoms in total. The molecule has 3 N–H and O–H groups in total. The van der Waals surface area contributed by atoms with Crippen LogP contribution >= 0.6 is 11.6 Å². The molecular formula is C23H23ClN4O2. The van der Waals surface area contributed by atoms with Crippen molar-refractivity contribution in [1.29, 1.82) is 0 Å². The number of aromatic nitrogens is 1. The second-order valence-corrected chi connectivity index (χ2v) is 7.17. The molecule has 1 aromatic heterocycles. The fraction of sp³-hybridized carbons (Fsp3) is 0.174. The van der Waals surface area contributed by atoms with E-state index in [1.807, 2.05) is 19.1 Å². The van der Waals surface area contributed by atoms with E-state index in [-0.39, 0.29) is 18.2 Å². The molecular weight excluding hydrogens is 400 g/mol. The molecule has 0 bridgehead atoms. The van der Waals surface area contributed by atoms with E-state index in [4.69, 9.17) is 17.3 Å². The summed E-state index contributed by atoms with van der Waals surface area (Å²) >= 11 is 5.93. The molecule has 0 aliphatic heterocycles. The molecule has 1 unspecified atom stereocenters. The minimum Gasteiger partial charge on any atom is -0.324 e. The van der Waals surface area contributed by atoms with Crippen LogP contribution in [0.1, 0.15) is 35.3 Å². The average Bonchev–Trinajstić information content (AvgIpc) is 2.76. The predicted octanol–water partition coefficient (Wildman–Crippen LogP) is 4.43. The summed E-state index contributed by atoms with van der Waals surface area (Å²) in [5, 5.41) is 3.42. The van der Waals surface area contributed by atoms with E-state index in [2.05, 4.69) is 10.3 Å². The Kier molecular flexibility index (Phi) is 7.17. The van der Waals surface area contributed by atoms with Gasteiger partial charge in [0.25, 0.3) is 5.91 Å². The van der Waals surface area contributed by atoms with Crippen LogP contribution in [0.4, 0.5) is 11.4 Å². The first-order chi connectivity index (χ1) is 14.5. The zero-order valence-corrected chi connectivity index (χ0v) is 17.3. The SMILES string of the molecule is CCN(C(=O)CC(N)c1ccc(C(=O)Nc2ccncc2)cc1)c1ccc(Cl)cc1. The highest BCUT2D eigenvalue weighted by Crippen LogP contribution is 2.22. The Hall–Kier alpha value is -3.22. The van der Waals surface area contributed by atoms with Gasteiger partial charge in [-0.15, -0.1) is 0 Å². The van der Waals surface area contributed by atoms with Gasteiger partial charge in [0.05, 0.1) is 0 Å². The average molecular weight is 423 g/mol. The Labute approximate surface area is 180 Å². The lowest BCUT2D eigenvalue weighted by Crippen LogP contribution is -2.33. The van der Waals surface area contributed by atoms with E-state index >= 15 is 0 Å². The summed E-state index contributed by atoms with van der Waals surface area (Å²) in [5.41, 5.74) is 9.01. The smallest absolute Gasteiger partial charge is 0.255 e. The van der Waals surface area contributed by atoms with Gasteiger partial charge in [-0.2, -0.15) is 0 Å². The summed E-state index contributed by atoms with van der Waals surface area (Å²) in [7, 11) is 0. The van der Waals surface area contributed by atoms with E-state index in [1.54, 1.807) is 65.8 Å². The van der Waals surface area contributed by atoms with Crippen molar-refractivity contribution in [3.05, 3.63) is 89.2 Å². The molecule has 1 atom stereocenters. The molecule has 30 heavy (non-hydrogen) atoms. The van der Waals surface area contributed by atoms with Gasteiger partial charge >= 0.3 is 0 Å². The predicted molar refractivity (Wildman–Crippen MR) is 120 cm³/mol. The highest BCUT2D eigenvalue weighted by Gasteiger charge is 2.19. The third kappa shape index (κ3) is 5.43. The zero-order valence-electron chi connectivity index (χ0n) is 16.6. The normalized spacial score (nSPS) is 11.6. The maximum absolute atomic E-state index is 12.8. The molecule has 0 aliphatic rings. The lowest BCUT2D eigenvalue weighted by molar-refractivity contribution is -0.118. The number of hydrogen-bond acceptors (Lipinski definition) is 4. The summed E-state index contributed by atoms with van der Waals surface area (Å²) in [4.78, 5) is 30.7. The van der Waals surface area contributed by atoms with Crippen LogP contribution in [-0.4, -0.2) is 23.3 Å². The lowest BCUT2D eigenvalue weighted by Gasteiger charge is -2.23. The Balaban J connectivity index is 1.63. The highest BCUT2D eigenvalue weighted by molar-refractivity contribution is 6.30. The van der Waals surface area contributed by atoms with Crippen molar-refractivity contribution in [3.63, 3.8) is 0 Å². The molecule has 154 valence electrons. The molecule has 2 aromatic carbocycles. The fourth-order valence-electron chi connectivity index (χ4n) is 3.06. The maximum Gasteiger partial charge on any atom is 0.255 e. The van der Waals surface area contributed by atoms with E-state index in [0.29, 0.717) is 22.8 Å². The monoisotopic (exact) mass is 422 g/mol. The summed E-state index contributed by atoms with van der Waals surface area (Å²) in [6.45, 7) is 2.44. The quantitative estimate of drug-likeness (QED) is 0.589. The molecule has 3 rings (SSSR count). The lowest BCUT2D eigenvalue weighted by atomic mass is 10.0. The Morgan fingerprint density at radius 2 is 1.67 bits per heavy atom. The first kappa shape index (κ1) is 21.5. The summed E-state index contributed by atoms with van der Waals surface area (Å²) in [6.07, 6.45) is 3.37. The minimum atomic E-state index is -0.476. The van der Waals surface area contributed by atoms with E-state index in [1.165, 1.54) is 0 Å². The van der Waals surface area contributed by atoms with Crippen molar-refractivity contribution in [2.75, 3.05) is 16.8 Å². The minimum absolute atomic E-state index is 0.0770. The number of nitrogens with one attached hydrogen (secondary N) is 1. The number of hydrogen-bond donors (Lipinski definition) is 2. The van der Waals surface area contributed by atoms with Crippen molar-refractivity contribution < 1.29 is 9.59 Å². The van der Waals surface area contributed by atoms with Crippen LogP contribution < -0.4 is 16.0 Å². The van der Waals surface area contributed by atoms with Crippen LogP contribution in [0.15, 0.2) is 73.1 Å². The van der Waals surface area contributed by atoms with Gasteiger partial charge in [0.1, 0.15) is 0 Å². The van der Waals surface area contributed by atoms with Crippen molar-refractivity contribution in [3.8, 4) is 0 Å². The number of nitrogens with two attached hydrogens (primary N) is 1. The number of rotatable bonds is 7. The van der Waals surface area contributed by atoms with Gasteiger partial charge in [-0.1, -0.05) is 23.7 Å². The van der Waals surface area contributed by atoms with Crippen molar-refractivity contribution >= 4 is 34.8 Å². The first-order valence-corrected chi connectivity index (χ1v) is 9.98. The highest BCUT2D eigenvalue weighted by atomic mass is 35.5. The van der Waals surface area contributed by atoms with Crippen LogP contribution in [-0.2, 0) is 4.79 Å². The summed E-state index contributed by atoms with van der Waals surface area (Å²) in [6, 6.07) is 17.0. The third-order valence-corrected chi connectivity index (χ3v) is 4.94. The molecule has 0 aliphatic carbocycles. The number of carbonyl (C=O) groups is 2. The van der Waals surface area contributed by atoms with E-state index in [9.17, 15) is 9.59 Å².